The SMILES string of the molecule is CCOC(=O)C1CCCC(NC(C)CC(F)(F)F)C1. The van der Waals surface area contributed by atoms with Gasteiger partial charge in [-0.1, -0.05) is 6.42 Å². The molecule has 0 amide bonds. The summed E-state index contributed by atoms with van der Waals surface area (Å²) in [4.78, 5) is 11.6. The van der Waals surface area contributed by atoms with Crippen LogP contribution in [-0.2, 0) is 9.53 Å². The third-order valence-electron chi connectivity index (χ3n) is 3.35. The summed E-state index contributed by atoms with van der Waals surface area (Å²) in [6.45, 7) is 3.63. The fraction of sp³-hybridized carbons (Fsp3) is 0.923. The lowest BCUT2D eigenvalue weighted by Crippen LogP contribution is -2.43. The molecule has 1 saturated carbocycles. The van der Waals surface area contributed by atoms with Gasteiger partial charge < -0.3 is 10.1 Å². The van der Waals surface area contributed by atoms with Gasteiger partial charge in [0.2, 0.25) is 0 Å². The highest BCUT2D eigenvalue weighted by Crippen LogP contribution is 2.27. The number of alkyl halides is 3. The van der Waals surface area contributed by atoms with Gasteiger partial charge >= 0.3 is 12.1 Å². The minimum atomic E-state index is -4.15. The Morgan fingerprint density at radius 2 is 2.11 bits per heavy atom. The topological polar surface area (TPSA) is 38.3 Å². The van der Waals surface area contributed by atoms with Crippen LogP contribution in [0.4, 0.5) is 13.2 Å². The average molecular weight is 281 g/mol. The van der Waals surface area contributed by atoms with Gasteiger partial charge in [0, 0.05) is 12.1 Å². The molecule has 0 aliphatic heterocycles. The van der Waals surface area contributed by atoms with E-state index in [1.54, 1.807) is 6.92 Å². The van der Waals surface area contributed by atoms with E-state index in [-0.39, 0.29) is 17.9 Å². The van der Waals surface area contributed by atoms with Crippen LogP contribution in [0.3, 0.4) is 0 Å². The monoisotopic (exact) mass is 281 g/mol. The van der Waals surface area contributed by atoms with Crippen molar-refractivity contribution in [3.8, 4) is 0 Å². The second kappa shape index (κ2) is 7.12. The Morgan fingerprint density at radius 1 is 1.42 bits per heavy atom. The Bertz CT molecular complexity index is 294. The molecule has 3 nitrogen and oxygen atoms in total. The first-order chi connectivity index (χ1) is 8.81. The molecule has 1 aliphatic carbocycles. The maximum Gasteiger partial charge on any atom is 0.390 e. The van der Waals surface area contributed by atoms with Crippen LogP contribution in [0, 0.1) is 5.92 Å². The molecule has 6 heteroatoms. The Labute approximate surface area is 111 Å². The Morgan fingerprint density at radius 3 is 2.68 bits per heavy atom. The van der Waals surface area contributed by atoms with E-state index in [1.165, 1.54) is 6.92 Å². The van der Waals surface area contributed by atoms with Crippen molar-refractivity contribution >= 4 is 5.97 Å². The molecule has 0 spiro atoms. The van der Waals surface area contributed by atoms with Gasteiger partial charge in [-0.3, -0.25) is 4.79 Å². The molecule has 1 rings (SSSR count). The largest absolute Gasteiger partial charge is 0.466 e. The van der Waals surface area contributed by atoms with E-state index in [2.05, 4.69) is 5.32 Å². The number of rotatable bonds is 5. The molecule has 1 fully saturated rings. The zero-order valence-corrected chi connectivity index (χ0v) is 11.4. The van der Waals surface area contributed by atoms with Crippen molar-refractivity contribution in [2.45, 2.75) is 64.2 Å². The lowest BCUT2D eigenvalue weighted by Gasteiger charge is -2.31. The number of nitrogens with one attached hydrogen (secondary N) is 1. The van der Waals surface area contributed by atoms with Gasteiger partial charge in [-0.15, -0.1) is 0 Å². The van der Waals surface area contributed by atoms with E-state index in [4.69, 9.17) is 4.74 Å². The average Bonchev–Trinajstić information content (AvgIpc) is 2.27. The second-order valence-corrected chi connectivity index (χ2v) is 5.20. The zero-order chi connectivity index (χ0) is 14.5. The van der Waals surface area contributed by atoms with Crippen LogP contribution in [0.5, 0.6) is 0 Å². The number of carbonyl (C=O) groups is 1. The fourth-order valence-electron chi connectivity index (χ4n) is 2.62. The van der Waals surface area contributed by atoms with E-state index in [0.717, 1.165) is 19.3 Å². The quantitative estimate of drug-likeness (QED) is 0.787. The van der Waals surface area contributed by atoms with Crippen molar-refractivity contribution in [3.05, 3.63) is 0 Å². The highest BCUT2D eigenvalue weighted by molar-refractivity contribution is 5.72. The maximum atomic E-state index is 12.3. The van der Waals surface area contributed by atoms with E-state index in [9.17, 15) is 18.0 Å². The molecule has 0 saturated heterocycles. The Kier molecular flexibility index (Phi) is 6.10. The first kappa shape index (κ1) is 16.3. The van der Waals surface area contributed by atoms with Crippen molar-refractivity contribution < 1.29 is 22.7 Å². The van der Waals surface area contributed by atoms with Gasteiger partial charge in [0.15, 0.2) is 0 Å². The summed E-state index contributed by atoms with van der Waals surface area (Å²) in [6.07, 6.45) is -1.99. The summed E-state index contributed by atoms with van der Waals surface area (Å²) in [6, 6.07) is -0.647. The fourth-order valence-corrected chi connectivity index (χ4v) is 2.62. The van der Waals surface area contributed by atoms with Gasteiger partial charge in [-0.05, 0) is 33.1 Å². The van der Waals surface area contributed by atoms with E-state index in [0.29, 0.717) is 13.0 Å². The molecule has 1 aliphatic rings. The second-order valence-electron chi connectivity index (χ2n) is 5.20. The van der Waals surface area contributed by atoms with Crippen molar-refractivity contribution in [1.82, 2.24) is 5.32 Å². The zero-order valence-electron chi connectivity index (χ0n) is 11.4. The van der Waals surface area contributed by atoms with Gasteiger partial charge in [0.25, 0.3) is 0 Å². The number of esters is 1. The van der Waals surface area contributed by atoms with Gasteiger partial charge in [-0.2, -0.15) is 13.2 Å². The number of hydrogen-bond donors (Lipinski definition) is 1. The standard InChI is InChI=1S/C13H22F3NO2/c1-3-19-12(18)10-5-4-6-11(7-10)17-9(2)8-13(14,15)16/h9-11,17H,3-8H2,1-2H3. The summed E-state index contributed by atoms with van der Waals surface area (Å²) in [5, 5.41) is 2.97. The van der Waals surface area contributed by atoms with Gasteiger partial charge in [-0.25, -0.2) is 0 Å². The smallest absolute Gasteiger partial charge is 0.390 e. The summed E-state index contributed by atoms with van der Waals surface area (Å²) in [5.41, 5.74) is 0. The molecule has 0 aromatic rings. The van der Waals surface area contributed by atoms with Crippen molar-refractivity contribution in [2.24, 2.45) is 5.92 Å². The minimum Gasteiger partial charge on any atom is -0.466 e. The molecule has 3 unspecified atom stereocenters. The van der Waals surface area contributed by atoms with Crippen LogP contribution in [0.1, 0.15) is 46.0 Å². The first-order valence-corrected chi connectivity index (χ1v) is 6.81. The van der Waals surface area contributed by atoms with Gasteiger partial charge in [0.1, 0.15) is 0 Å². The highest BCUT2D eigenvalue weighted by atomic mass is 19.4. The number of carbonyl (C=O) groups excluding carboxylic acids is 1. The molecular formula is C13H22F3NO2. The molecule has 1 N–H and O–H groups in total. The summed E-state index contributed by atoms with van der Waals surface area (Å²) >= 11 is 0. The number of ether oxygens (including phenoxy) is 1. The molecule has 0 heterocycles. The summed E-state index contributed by atoms with van der Waals surface area (Å²) < 4.78 is 41.7. The normalized spacial score (nSPS) is 25.9. The van der Waals surface area contributed by atoms with Crippen molar-refractivity contribution in [3.63, 3.8) is 0 Å². The van der Waals surface area contributed by atoms with E-state index >= 15 is 0 Å². The third kappa shape index (κ3) is 6.27. The molecule has 112 valence electrons. The van der Waals surface area contributed by atoms with Crippen molar-refractivity contribution in [2.75, 3.05) is 6.61 Å². The summed E-state index contributed by atoms with van der Waals surface area (Å²) in [5.74, 6) is -0.401. The molecule has 0 aromatic carbocycles. The lowest BCUT2D eigenvalue weighted by atomic mass is 9.85. The van der Waals surface area contributed by atoms with Crippen molar-refractivity contribution in [1.29, 1.82) is 0 Å². The van der Waals surface area contributed by atoms with E-state index < -0.39 is 18.6 Å². The van der Waals surface area contributed by atoms with Crippen LogP contribution in [-0.4, -0.2) is 30.8 Å². The van der Waals surface area contributed by atoms with E-state index in [1.807, 2.05) is 0 Å². The Balaban J connectivity index is 2.40. The lowest BCUT2D eigenvalue weighted by molar-refractivity contribution is -0.150. The predicted octanol–water partition coefficient (Wildman–Crippen LogP) is 3.04. The minimum absolute atomic E-state index is 0.0273. The van der Waals surface area contributed by atoms with Crippen LogP contribution in [0.2, 0.25) is 0 Å². The molecule has 3 atom stereocenters. The molecule has 19 heavy (non-hydrogen) atoms. The molecule has 0 aromatic heterocycles. The van der Waals surface area contributed by atoms with Crippen LogP contribution in [0.25, 0.3) is 0 Å². The molecule has 0 bridgehead atoms. The predicted molar refractivity (Wildman–Crippen MR) is 65.6 cm³/mol. The summed E-state index contributed by atoms with van der Waals surface area (Å²) in [7, 11) is 0. The van der Waals surface area contributed by atoms with Crippen LogP contribution in [0.15, 0.2) is 0 Å². The highest BCUT2D eigenvalue weighted by Gasteiger charge is 2.33. The number of hydrogen-bond acceptors (Lipinski definition) is 3. The van der Waals surface area contributed by atoms with Gasteiger partial charge in [0.05, 0.1) is 18.9 Å². The first-order valence-electron chi connectivity index (χ1n) is 6.81. The third-order valence-corrected chi connectivity index (χ3v) is 3.35. The molecular weight excluding hydrogens is 259 g/mol. The maximum absolute atomic E-state index is 12.3. The van der Waals surface area contributed by atoms with Crippen LogP contribution < -0.4 is 5.32 Å². The number of halogens is 3. The molecule has 0 radical (unpaired) electrons. The van der Waals surface area contributed by atoms with Crippen LogP contribution >= 0.6 is 0 Å². The Hall–Kier alpha value is -0.780.